The van der Waals surface area contributed by atoms with Crippen molar-refractivity contribution in [3.05, 3.63) is 75.9 Å². The van der Waals surface area contributed by atoms with E-state index < -0.39 is 10.0 Å². The summed E-state index contributed by atoms with van der Waals surface area (Å²) in [5.41, 5.74) is 1.80. The maximum Gasteiger partial charge on any atom is 0.263 e. The second kappa shape index (κ2) is 10.4. The van der Waals surface area contributed by atoms with E-state index in [-0.39, 0.29) is 18.2 Å². The van der Waals surface area contributed by atoms with E-state index in [0.29, 0.717) is 43.2 Å². The van der Waals surface area contributed by atoms with Gasteiger partial charge in [-0.15, -0.1) is 11.3 Å². The number of amides is 1. The number of nitrogens with one attached hydrogen (secondary N) is 1. The van der Waals surface area contributed by atoms with Gasteiger partial charge in [0.25, 0.3) is 5.91 Å². The molecule has 0 atom stereocenters. The van der Waals surface area contributed by atoms with Crippen LogP contribution in [0.3, 0.4) is 0 Å². The molecule has 3 aromatic rings. The minimum absolute atomic E-state index is 0.0625. The second-order valence-electron chi connectivity index (χ2n) is 7.83. The van der Waals surface area contributed by atoms with Crippen molar-refractivity contribution in [2.75, 3.05) is 43.4 Å². The van der Waals surface area contributed by atoms with Gasteiger partial charge in [-0.3, -0.25) is 4.79 Å². The van der Waals surface area contributed by atoms with Crippen molar-refractivity contribution in [1.29, 1.82) is 0 Å². The van der Waals surface area contributed by atoms with Crippen LogP contribution in [0.15, 0.2) is 54.7 Å². The van der Waals surface area contributed by atoms with Crippen LogP contribution in [0.4, 0.5) is 5.82 Å². The first kappa shape index (κ1) is 23.3. The summed E-state index contributed by atoms with van der Waals surface area (Å²) in [6.45, 7) is 3.86. The summed E-state index contributed by atoms with van der Waals surface area (Å²) in [7, 11) is -3.45. The number of sulfonamides is 1. The van der Waals surface area contributed by atoms with Gasteiger partial charge < -0.3 is 10.2 Å². The summed E-state index contributed by atoms with van der Waals surface area (Å²) < 4.78 is 27.0. The summed E-state index contributed by atoms with van der Waals surface area (Å²) in [6.07, 6.45) is 2.40. The molecule has 1 saturated heterocycles. The molecule has 1 aliphatic heterocycles. The number of thiazole rings is 1. The molecule has 0 bridgehead atoms. The van der Waals surface area contributed by atoms with Crippen LogP contribution in [-0.2, 0) is 16.4 Å². The molecule has 174 valence electrons. The number of pyridine rings is 1. The lowest BCUT2D eigenvalue weighted by Gasteiger charge is -2.34. The van der Waals surface area contributed by atoms with E-state index in [1.165, 1.54) is 15.6 Å². The maximum atomic E-state index is 12.8. The lowest BCUT2D eigenvalue weighted by Crippen LogP contribution is -2.50. The zero-order valence-corrected chi connectivity index (χ0v) is 20.1. The lowest BCUT2D eigenvalue weighted by atomic mass is 10.2. The quantitative estimate of drug-likeness (QED) is 0.526. The number of piperazine rings is 1. The number of hydrogen-bond donors (Lipinski definition) is 1. The minimum Gasteiger partial charge on any atom is -0.354 e. The van der Waals surface area contributed by atoms with Crippen molar-refractivity contribution in [1.82, 2.24) is 19.6 Å². The van der Waals surface area contributed by atoms with E-state index >= 15 is 0 Å². The first-order valence-electron chi connectivity index (χ1n) is 10.8. The van der Waals surface area contributed by atoms with Crippen LogP contribution in [0.25, 0.3) is 0 Å². The summed E-state index contributed by atoms with van der Waals surface area (Å²) in [5, 5.41) is 3.62. The number of aromatic nitrogens is 2. The molecule has 0 unspecified atom stereocenters. The maximum absolute atomic E-state index is 12.8. The molecule has 2 aromatic heterocycles. The standard InChI is InChI=1S/C23H27N5O3S2/c1-18-22(32-21(26-18)17-19-7-3-2-4-8-19)23(29)25-11-16-33(30,31)28-14-12-27(13-15-28)20-9-5-6-10-24-20/h2-10H,11-17H2,1H3,(H,25,29). The number of benzene rings is 1. The Bertz CT molecular complexity index is 1180. The van der Waals surface area contributed by atoms with Crippen molar-refractivity contribution in [2.24, 2.45) is 0 Å². The van der Waals surface area contributed by atoms with Crippen LogP contribution in [0.1, 0.15) is 25.9 Å². The molecule has 1 amide bonds. The van der Waals surface area contributed by atoms with Crippen LogP contribution in [0, 0.1) is 6.92 Å². The monoisotopic (exact) mass is 485 g/mol. The Balaban J connectivity index is 1.27. The lowest BCUT2D eigenvalue weighted by molar-refractivity contribution is 0.0959. The van der Waals surface area contributed by atoms with Crippen LogP contribution >= 0.6 is 11.3 Å². The molecule has 0 spiro atoms. The highest BCUT2D eigenvalue weighted by Crippen LogP contribution is 2.21. The largest absolute Gasteiger partial charge is 0.354 e. The van der Waals surface area contributed by atoms with Gasteiger partial charge in [-0.1, -0.05) is 36.4 Å². The predicted octanol–water partition coefficient (Wildman–Crippen LogP) is 2.32. The molecule has 0 radical (unpaired) electrons. The Kier molecular flexibility index (Phi) is 7.36. The highest BCUT2D eigenvalue weighted by atomic mass is 32.2. The van der Waals surface area contributed by atoms with Crippen molar-refractivity contribution < 1.29 is 13.2 Å². The Hall–Kier alpha value is -2.82. The summed E-state index contributed by atoms with van der Waals surface area (Å²) in [5.74, 6) is 0.449. The zero-order chi connectivity index (χ0) is 23.3. The van der Waals surface area contributed by atoms with Crippen LogP contribution in [0.2, 0.25) is 0 Å². The van der Waals surface area contributed by atoms with Crippen molar-refractivity contribution in [2.45, 2.75) is 13.3 Å². The number of aryl methyl sites for hydroxylation is 1. The fourth-order valence-corrected chi connectivity index (χ4v) is 6.10. The zero-order valence-electron chi connectivity index (χ0n) is 18.5. The first-order chi connectivity index (χ1) is 15.9. The number of carbonyl (C=O) groups is 1. The predicted molar refractivity (Wildman–Crippen MR) is 130 cm³/mol. The van der Waals surface area contributed by atoms with E-state index in [2.05, 4.69) is 20.2 Å². The van der Waals surface area contributed by atoms with Crippen LogP contribution in [0.5, 0.6) is 0 Å². The SMILES string of the molecule is Cc1nc(Cc2ccccc2)sc1C(=O)NCCS(=O)(=O)N1CCN(c2ccccn2)CC1. The average Bonchev–Trinajstić information content (AvgIpc) is 3.20. The average molecular weight is 486 g/mol. The number of rotatable bonds is 8. The van der Waals surface area contributed by atoms with E-state index in [4.69, 9.17) is 0 Å². The second-order valence-corrected chi connectivity index (χ2v) is 11.0. The fraction of sp³-hybridized carbons (Fsp3) is 0.348. The molecule has 1 N–H and O–H groups in total. The Morgan fingerprint density at radius 2 is 1.79 bits per heavy atom. The third kappa shape index (κ3) is 5.95. The smallest absolute Gasteiger partial charge is 0.263 e. The summed E-state index contributed by atoms with van der Waals surface area (Å²) in [4.78, 5) is 24.1. The van der Waals surface area contributed by atoms with Gasteiger partial charge in [0, 0.05) is 45.3 Å². The number of carbonyl (C=O) groups excluding carboxylic acids is 1. The number of nitrogens with zero attached hydrogens (tertiary/aromatic N) is 4. The molecule has 0 saturated carbocycles. The molecular weight excluding hydrogens is 458 g/mol. The molecule has 0 aliphatic carbocycles. The molecule has 4 rings (SSSR count). The number of anilines is 1. The van der Waals surface area contributed by atoms with E-state index in [9.17, 15) is 13.2 Å². The fourth-order valence-electron chi connectivity index (χ4n) is 3.75. The van der Waals surface area contributed by atoms with Gasteiger partial charge in [0.05, 0.1) is 16.5 Å². The molecule has 3 heterocycles. The number of hydrogen-bond acceptors (Lipinski definition) is 7. The summed E-state index contributed by atoms with van der Waals surface area (Å²) >= 11 is 1.35. The molecule has 1 aliphatic rings. The minimum atomic E-state index is -3.45. The molecular formula is C23H27N5O3S2. The third-order valence-corrected chi connectivity index (χ3v) is 8.52. The van der Waals surface area contributed by atoms with Crippen LogP contribution < -0.4 is 10.2 Å². The molecule has 1 aromatic carbocycles. The van der Waals surface area contributed by atoms with Gasteiger partial charge in [0.15, 0.2) is 0 Å². The van der Waals surface area contributed by atoms with Gasteiger partial charge >= 0.3 is 0 Å². The highest BCUT2D eigenvalue weighted by molar-refractivity contribution is 7.89. The van der Waals surface area contributed by atoms with Crippen molar-refractivity contribution in [3.63, 3.8) is 0 Å². The van der Waals surface area contributed by atoms with E-state index in [0.717, 1.165) is 16.4 Å². The highest BCUT2D eigenvalue weighted by Gasteiger charge is 2.27. The Morgan fingerprint density at radius 1 is 1.06 bits per heavy atom. The van der Waals surface area contributed by atoms with Crippen molar-refractivity contribution >= 4 is 33.1 Å². The van der Waals surface area contributed by atoms with Gasteiger partial charge in [0.2, 0.25) is 10.0 Å². The Morgan fingerprint density at radius 3 is 2.48 bits per heavy atom. The van der Waals surface area contributed by atoms with Crippen molar-refractivity contribution in [3.8, 4) is 0 Å². The van der Waals surface area contributed by atoms with E-state index in [1.807, 2.05) is 48.5 Å². The molecule has 10 heteroatoms. The Labute approximate surface area is 198 Å². The van der Waals surface area contributed by atoms with Gasteiger partial charge in [-0.25, -0.2) is 18.4 Å². The summed E-state index contributed by atoms with van der Waals surface area (Å²) in [6, 6.07) is 15.7. The van der Waals surface area contributed by atoms with Gasteiger partial charge in [0.1, 0.15) is 10.7 Å². The molecule has 1 fully saturated rings. The van der Waals surface area contributed by atoms with Gasteiger partial charge in [-0.2, -0.15) is 4.31 Å². The third-order valence-electron chi connectivity index (χ3n) is 5.50. The topological polar surface area (TPSA) is 95.5 Å². The first-order valence-corrected chi connectivity index (χ1v) is 13.3. The molecule has 8 nitrogen and oxygen atoms in total. The molecule has 33 heavy (non-hydrogen) atoms. The van der Waals surface area contributed by atoms with Gasteiger partial charge in [-0.05, 0) is 24.6 Å². The van der Waals surface area contributed by atoms with Crippen LogP contribution in [-0.4, -0.2) is 67.1 Å². The van der Waals surface area contributed by atoms with E-state index in [1.54, 1.807) is 13.1 Å². The normalized spacial score (nSPS) is 14.9.